The maximum absolute atomic E-state index is 13.8. The smallest absolute Gasteiger partial charge is 0.338 e. The molecule has 4 aromatic rings. The zero-order valence-electron chi connectivity index (χ0n) is 19.6. The van der Waals surface area contributed by atoms with Crippen molar-refractivity contribution in [2.45, 2.75) is 26.4 Å². The van der Waals surface area contributed by atoms with Crippen molar-refractivity contribution in [3.05, 3.63) is 101 Å². The molecule has 5 heteroatoms. The van der Waals surface area contributed by atoms with Gasteiger partial charge in [-0.05, 0) is 83.3 Å². The van der Waals surface area contributed by atoms with Crippen molar-refractivity contribution < 1.29 is 18.7 Å². The second kappa shape index (κ2) is 10.5. The Morgan fingerprint density at radius 3 is 2.50 bits per heavy atom. The number of esters is 1. The van der Waals surface area contributed by atoms with Gasteiger partial charge in [-0.1, -0.05) is 42.5 Å². The van der Waals surface area contributed by atoms with Gasteiger partial charge in [0.15, 0.2) is 11.6 Å². The summed E-state index contributed by atoms with van der Waals surface area (Å²) < 4.78 is 24.0. The minimum absolute atomic E-state index is 0.00767. The van der Waals surface area contributed by atoms with Crippen molar-refractivity contribution in [1.82, 2.24) is 5.32 Å². The largest absolute Gasteiger partial charge is 0.494 e. The number of carbonyl (C=O) groups is 1. The van der Waals surface area contributed by atoms with E-state index < -0.39 is 0 Å². The molecule has 0 aliphatic heterocycles. The quantitative estimate of drug-likeness (QED) is 0.300. The molecule has 1 atom stereocenters. The van der Waals surface area contributed by atoms with Crippen LogP contribution in [0.4, 0.5) is 4.39 Å². The van der Waals surface area contributed by atoms with Gasteiger partial charge in [0.2, 0.25) is 0 Å². The van der Waals surface area contributed by atoms with E-state index in [1.54, 1.807) is 31.2 Å². The summed E-state index contributed by atoms with van der Waals surface area (Å²) in [5, 5.41) is 5.81. The number of fused-ring (bicyclic) bond motifs is 1. The fourth-order valence-corrected chi connectivity index (χ4v) is 4.05. The highest BCUT2D eigenvalue weighted by Crippen LogP contribution is 2.31. The molecule has 0 amide bonds. The van der Waals surface area contributed by atoms with Crippen LogP contribution in [0, 0.1) is 5.82 Å². The number of halogens is 1. The van der Waals surface area contributed by atoms with Crippen LogP contribution >= 0.6 is 0 Å². The van der Waals surface area contributed by atoms with E-state index >= 15 is 0 Å². The highest BCUT2D eigenvalue weighted by molar-refractivity contribution is 5.98. The Labute approximate surface area is 199 Å². The highest BCUT2D eigenvalue weighted by Gasteiger charge is 2.12. The summed E-state index contributed by atoms with van der Waals surface area (Å²) in [5.74, 6) is -0.444. The summed E-state index contributed by atoms with van der Waals surface area (Å²) in [4.78, 5) is 12.0. The van der Waals surface area contributed by atoms with Crippen LogP contribution in [0.3, 0.4) is 0 Å². The third kappa shape index (κ3) is 5.10. The van der Waals surface area contributed by atoms with Gasteiger partial charge >= 0.3 is 5.97 Å². The first-order chi connectivity index (χ1) is 16.5. The predicted molar refractivity (Wildman–Crippen MR) is 134 cm³/mol. The van der Waals surface area contributed by atoms with E-state index in [0.29, 0.717) is 18.7 Å². The number of benzene rings is 4. The molecular formula is C29H28FNO3. The zero-order valence-corrected chi connectivity index (χ0v) is 19.6. The Bertz CT molecular complexity index is 1300. The van der Waals surface area contributed by atoms with Crippen LogP contribution in [0.15, 0.2) is 78.9 Å². The minimum Gasteiger partial charge on any atom is -0.494 e. The third-order valence-corrected chi connectivity index (χ3v) is 5.92. The van der Waals surface area contributed by atoms with E-state index in [0.717, 1.165) is 33.0 Å². The molecule has 0 saturated heterocycles. The number of rotatable bonds is 8. The number of hydrogen-bond acceptors (Lipinski definition) is 4. The van der Waals surface area contributed by atoms with Crippen LogP contribution in [0.25, 0.3) is 21.9 Å². The van der Waals surface area contributed by atoms with Crippen LogP contribution < -0.4 is 10.1 Å². The summed E-state index contributed by atoms with van der Waals surface area (Å²) in [6.07, 6.45) is 0. The molecule has 0 unspecified atom stereocenters. The van der Waals surface area contributed by atoms with Crippen LogP contribution in [0.1, 0.15) is 41.4 Å². The average Bonchev–Trinajstić information content (AvgIpc) is 2.87. The lowest BCUT2D eigenvalue weighted by Crippen LogP contribution is -2.18. The van der Waals surface area contributed by atoms with Gasteiger partial charge in [-0.2, -0.15) is 0 Å². The van der Waals surface area contributed by atoms with E-state index in [-0.39, 0.29) is 23.6 Å². The molecule has 4 rings (SSSR count). The number of carbonyl (C=O) groups excluding carboxylic acids is 1. The lowest BCUT2D eigenvalue weighted by atomic mass is 9.95. The molecule has 0 bridgehead atoms. The Hall–Kier alpha value is -3.70. The van der Waals surface area contributed by atoms with Gasteiger partial charge in [-0.25, -0.2) is 9.18 Å². The maximum atomic E-state index is 13.8. The fraction of sp³-hybridized carbons (Fsp3) is 0.207. The first-order valence-corrected chi connectivity index (χ1v) is 11.4. The molecule has 0 aromatic heterocycles. The molecule has 0 heterocycles. The highest BCUT2D eigenvalue weighted by atomic mass is 19.1. The van der Waals surface area contributed by atoms with Gasteiger partial charge in [-0.15, -0.1) is 0 Å². The molecule has 174 valence electrons. The standard InChI is InChI=1S/C29H28FNO3/c1-4-34-29(32)22-11-9-21(10-12-22)26-16-20(15-24-7-5-6-8-25(24)26)18-31-19(2)23-13-14-27(30)28(17-23)33-3/h5-17,19,31H,4,18H2,1-3H3/t19-/m1/s1. The van der Waals surface area contributed by atoms with E-state index in [2.05, 4.69) is 29.6 Å². The minimum atomic E-state index is -0.369. The number of methoxy groups -OCH3 is 1. The molecule has 0 fully saturated rings. The zero-order chi connectivity index (χ0) is 24.1. The van der Waals surface area contributed by atoms with Crippen molar-refractivity contribution >= 4 is 16.7 Å². The van der Waals surface area contributed by atoms with Gasteiger partial charge in [0.05, 0.1) is 19.3 Å². The molecule has 4 nitrogen and oxygen atoms in total. The van der Waals surface area contributed by atoms with Gasteiger partial charge in [0, 0.05) is 12.6 Å². The first kappa shape index (κ1) is 23.5. The number of nitrogens with one attached hydrogen (secondary N) is 1. The van der Waals surface area contributed by atoms with Crippen molar-refractivity contribution in [2.24, 2.45) is 0 Å². The summed E-state index contributed by atoms with van der Waals surface area (Å²) in [6.45, 7) is 4.83. The van der Waals surface area contributed by atoms with E-state index in [4.69, 9.17) is 9.47 Å². The molecule has 0 aliphatic rings. The summed E-state index contributed by atoms with van der Waals surface area (Å²) in [7, 11) is 1.47. The monoisotopic (exact) mass is 457 g/mol. The van der Waals surface area contributed by atoms with Crippen LogP contribution in [-0.2, 0) is 11.3 Å². The summed E-state index contributed by atoms with van der Waals surface area (Å²) in [6, 6.07) is 25.1. The Kier molecular flexibility index (Phi) is 7.24. The van der Waals surface area contributed by atoms with E-state index in [1.807, 2.05) is 31.2 Å². The second-order valence-corrected chi connectivity index (χ2v) is 8.16. The SMILES string of the molecule is CCOC(=O)c1ccc(-c2cc(CN[C@H](C)c3ccc(F)c(OC)c3)cc3ccccc23)cc1. The van der Waals surface area contributed by atoms with Gasteiger partial charge in [0.1, 0.15) is 0 Å². The fourth-order valence-electron chi connectivity index (χ4n) is 4.05. The summed E-state index contributed by atoms with van der Waals surface area (Å²) in [5.41, 5.74) is 4.75. The Morgan fingerprint density at radius 2 is 1.76 bits per heavy atom. The van der Waals surface area contributed by atoms with Crippen LogP contribution in [0.2, 0.25) is 0 Å². The van der Waals surface area contributed by atoms with Gasteiger partial charge in [-0.3, -0.25) is 0 Å². The van der Waals surface area contributed by atoms with E-state index in [9.17, 15) is 9.18 Å². The topological polar surface area (TPSA) is 47.6 Å². The number of hydrogen-bond donors (Lipinski definition) is 1. The summed E-state index contributed by atoms with van der Waals surface area (Å²) >= 11 is 0. The molecule has 0 aliphatic carbocycles. The normalized spacial score (nSPS) is 11.9. The molecule has 0 radical (unpaired) electrons. The third-order valence-electron chi connectivity index (χ3n) is 5.92. The van der Waals surface area contributed by atoms with Crippen molar-refractivity contribution in [3.8, 4) is 16.9 Å². The van der Waals surface area contributed by atoms with Gasteiger partial charge < -0.3 is 14.8 Å². The Balaban J connectivity index is 1.60. The lowest BCUT2D eigenvalue weighted by Gasteiger charge is -2.17. The van der Waals surface area contributed by atoms with Crippen molar-refractivity contribution in [1.29, 1.82) is 0 Å². The van der Waals surface area contributed by atoms with Crippen molar-refractivity contribution in [3.63, 3.8) is 0 Å². The van der Waals surface area contributed by atoms with Gasteiger partial charge in [0.25, 0.3) is 0 Å². The molecule has 4 aromatic carbocycles. The molecule has 34 heavy (non-hydrogen) atoms. The maximum Gasteiger partial charge on any atom is 0.338 e. The number of ether oxygens (including phenoxy) is 2. The van der Waals surface area contributed by atoms with Crippen LogP contribution in [-0.4, -0.2) is 19.7 Å². The second-order valence-electron chi connectivity index (χ2n) is 8.16. The molecule has 0 spiro atoms. The molecular weight excluding hydrogens is 429 g/mol. The lowest BCUT2D eigenvalue weighted by molar-refractivity contribution is 0.0526. The molecule has 1 N–H and O–H groups in total. The molecule has 0 saturated carbocycles. The van der Waals surface area contributed by atoms with Crippen LogP contribution in [0.5, 0.6) is 5.75 Å². The van der Waals surface area contributed by atoms with E-state index in [1.165, 1.54) is 13.2 Å². The first-order valence-electron chi connectivity index (χ1n) is 11.4. The average molecular weight is 458 g/mol. The van der Waals surface area contributed by atoms with Crippen molar-refractivity contribution in [2.75, 3.05) is 13.7 Å². The predicted octanol–water partition coefficient (Wildman–Crippen LogP) is 6.68. The Morgan fingerprint density at radius 1 is 1.00 bits per heavy atom.